The molecule has 6 nitrogen and oxygen atoms in total. The summed E-state index contributed by atoms with van der Waals surface area (Å²) in [5.41, 5.74) is 9.09. The number of benzene rings is 2. The van der Waals surface area contributed by atoms with Gasteiger partial charge in [0.25, 0.3) is 0 Å². The van der Waals surface area contributed by atoms with E-state index in [1.54, 1.807) is 0 Å². The van der Waals surface area contributed by atoms with Gasteiger partial charge in [0, 0.05) is 30.0 Å². The lowest BCUT2D eigenvalue weighted by Gasteiger charge is -2.24. The largest absolute Gasteiger partial charge is 0.383 e. The van der Waals surface area contributed by atoms with Crippen LogP contribution in [-0.2, 0) is 0 Å². The number of nitrogen functional groups attached to an aromatic ring is 1. The quantitative estimate of drug-likeness (QED) is 0.577. The number of para-hydroxylation sites is 1. The summed E-state index contributed by atoms with van der Waals surface area (Å²) in [5.74, 6) is 0.573. The van der Waals surface area contributed by atoms with Crippen LogP contribution in [0.1, 0.15) is 48.0 Å². The zero-order valence-electron chi connectivity index (χ0n) is 17.2. The molecule has 0 aliphatic heterocycles. The second kappa shape index (κ2) is 8.95. The Morgan fingerprint density at radius 1 is 0.967 bits per heavy atom. The van der Waals surface area contributed by atoms with Gasteiger partial charge in [-0.1, -0.05) is 37.5 Å². The zero-order chi connectivity index (χ0) is 20.9. The molecule has 0 saturated heterocycles. The fourth-order valence-corrected chi connectivity index (χ4v) is 3.95. The summed E-state index contributed by atoms with van der Waals surface area (Å²) in [6, 6.07) is 17.9. The molecule has 0 bridgehead atoms. The lowest BCUT2D eigenvalue weighted by Crippen LogP contribution is -2.25. The first-order valence-electron chi connectivity index (χ1n) is 10.4. The van der Waals surface area contributed by atoms with Crippen LogP contribution in [0.25, 0.3) is 0 Å². The van der Waals surface area contributed by atoms with Crippen LogP contribution in [0, 0.1) is 0 Å². The smallest absolute Gasteiger partial charge is 0.200 e. The molecule has 3 aromatic rings. The van der Waals surface area contributed by atoms with Gasteiger partial charge in [0.05, 0.1) is 0 Å². The molecule has 0 amide bonds. The summed E-state index contributed by atoms with van der Waals surface area (Å²) >= 11 is 0. The van der Waals surface area contributed by atoms with Gasteiger partial charge in [-0.3, -0.25) is 4.79 Å². The van der Waals surface area contributed by atoms with E-state index in [9.17, 15) is 4.79 Å². The number of carbonyl (C=O) groups excluding carboxylic acids is 1. The predicted molar refractivity (Wildman–Crippen MR) is 121 cm³/mol. The van der Waals surface area contributed by atoms with Crippen molar-refractivity contribution >= 4 is 28.8 Å². The average Bonchev–Trinajstić information content (AvgIpc) is 2.80. The van der Waals surface area contributed by atoms with Crippen LogP contribution in [0.2, 0.25) is 0 Å². The fraction of sp³-hybridized carbons (Fsp3) is 0.292. The summed E-state index contributed by atoms with van der Waals surface area (Å²) in [7, 11) is 2.00. The number of hydrogen-bond acceptors (Lipinski definition) is 6. The van der Waals surface area contributed by atoms with Crippen LogP contribution in [-0.4, -0.2) is 28.8 Å². The Kier molecular flexibility index (Phi) is 5.93. The highest BCUT2D eigenvalue weighted by molar-refractivity contribution is 6.14. The molecule has 4 rings (SSSR count). The molecule has 154 valence electrons. The Bertz CT molecular complexity index is 998. The van der Waals surface area contributed by atoms with Crippen LogP contribution in [0.15, 0.2) is 60.9 Å². The van der Waals surface area contributed by atoms with Crippen LogP contribution in [0.3, 0.4) is 0 Å². The average molecular weight is 402 g/mol. The van der Waals surface area contributed by atoms with Crippen molar-refractivity contribution in [1.29, 1.82) is 0 Å². The molecule has 1 heterocycles. The van der Waals surface area contributed by atoms with Crippen molar-refractivity contribution < 1.29 is 4.79 Å². The van der Waals surface area contributed by atoms with E-state index in [1.165, 1.54) is 25.6 Å². The van der Waals surface area contributed by atoms with Gasteiger partial charge in [-0.15, -0.1) is 0 Å². The van der Waals surface area contributed by atoms with Gasteiger partial charge in [-0.2, -0.15) is 0 Å². The first-order valence-corrected chi connectivity index (χ1v) is 10.4. The van der Waals surface area contributed by atoms with Gasteiger partial charge in [-0.05, 0) is 49.2 Å². The number of ketones is 1. The number of aromatic nitrogens is 2. The monoisotopic (exact) mass is 401 g/mol. The molecule has 1 saturated carbocycles. The van der Waals surface area contributed by atoms with E-state index >= 15 is 0 Å². The van der Waals surface area contributed by atoms with Gasteiger partial charge in [0.2, 0.25) is 0 Å². The Hall–Kier alpha value is -3.41. The molecule has 3 N–H and O–H groups in total. The van der Waals surface area contributed by atoms with Crippen molar-refractivity contribution in [3.05, 3.63) is 72.1 Å². The number of nitrogens with two attached hydrogens (primary N) is 1. The Morgan fingerprint density at radius 2 is 1.63 bits per heavy atom. The van der Waals surface area contributed by atoms with Crippen LogP contribution < -0.4 is 16.0 Å². The third-order valence-electron chi connectivity index (χ3n) is 5.71. The van der Waals surface area contributed by atoms with E-state index < -0.39 is 0 Å². The van der Waals surface area contributed by atoms with Gasteiger partial charge in [0.15, 0.2) is 5.78 Å². The summed E-state index contributed by atoms with van der Waals surface area (Å²) in [6.45, 7) is 0. The van der Waals surface area contributed by atoms with Gasteiger partial charge in [-0.25, -0.2) is 9.97 Å². The lowest BCUT2D eigenvalue weighted by atomic mass is 9.95. The maximum absolute atomic E-state index is 13.3. The molecule has 1 aliphatic carbocycles. The fourth-order valence-electron chi connectivity index (χ4n) is 3.95. The Balaban J connectivity index is 1.57. The summed E-state index contributed by atoms with van der Waals surface area (Å²) < 4.78 is 0. The molecule has 0 radical (unpaired) electrons. The minimum Gasteiger partial charge on any atom is -0.383 e. The number of nitrogens with zero attached hydrogens (tertiary/aromatic N) is 3. The molecule has 2 aromatic carbocycles. The molecule has 1 aliphatic rings. The van der Waals surface area contributed by atoms with Gasteiger partial charge in [0.1, 0.15) is 23.5 Å². The second-order valence-electron chi connectivity index (χ2n) is 7.73. The topological polar surface area (TPSA) is 84.1 Å². The highest BCUT2D eigenvalue weighted by Gasteiger charge is 2.22. The summed E-state index contributed by atoms with van der Waals surface area (Å²) in [5, 5.41) is 3.43. The van der Waals surface area contributed by atoms with Crippen molar-refractivity contribution in [2.75, 3.05) is 23.0 Å². The highest BCUT2D eigenvalue weighted by atomic mass is 16.1. The number of carbonyl (C=O) groups is 1. The SMILES string of the molecule is CN(c1ccccc1)c1ccc(C(=O)c2c(N)ncnc2NC2CCCCC2)cc1. The number of rotatable bonds is 6. The van der Waals surface area contributed by atoms with E-state index in [4.69, 9.17) is 5.73 Å². The molecule has 0 unspecified atom stereocenters. The van der Waals surface area contributed by atoms with Crippen LogP contribution in [0.4, 0.5) is 23.0 Å². The third kappa shape index (κ3) is 4.27. The molecular formula is C24H27N5O. The van der Waals surface area contributed by atoms with E-state index in [0.717, 1.165) is 24.2 Å². The van der Waals surface area contributed by atoms with E-state index in [1.807, 2.05) is 61.6 Å². The maximum Gasteiger partial charge on any atom is 0.200 e. The van der Waals surface area contributed by atoms with Crippen molar-refractivity contribution in [1.82, 2.24) is 9.97 Å². The molecule has 0 atom stereocenters. The third-order valence-corrected chi connectivity index (χ3v) is 5.71. The number of nitrogens with one attached hydrogen (secondary N) is 1. The Labute approximate surface area is 177 Å². The van der Waals surface area contributed by atoms with Crippen molar-refractivity contribution in [2.45, 2.75) is 38.1 Å². The molecule has 0 spiro atoms. The van der Waals surface area contributed by atoms with Crippen LogP contribution in [0.5, 0.6) is 0 Å². The molecule has 1 fully saturated rings. The van der Waals surface area contributed by atoms with E-state index in [-0.39, 0.29) is 11.6 Å². The lowest BCUT2D eigenvalue weighted by molar-refractivity contribution is 0.103. The first-order chi connectivity index (χ1) is 14.6. The molecule has 1 aromatic heterocycles. The Morgan fingerprint density at radius 3 is 2.33 bits per heavy atom. The van der Waals surface area contributed by atoms with Crippen LogP contribution >= 0.6 is 0 Å². The summed E-state index contributed by atoms with van der Waals surface area (Å²) in [4.78, 5) is 23.7. The minimum absolute atomic E-state index is 0.166. The molecule has 6 heteroatoms. The summed E-state index contributed by atoms with van der Waals surface area (Å²) in [6.07, 6.45) is 7.22. The van der Waals surface area contributed by atoms with Crippen molar-refractivity contribution in [3.63, 3.8) is 0 Å². The normalized spacial score (nSPS) is 14.3. The molecule has 30 heavy (non-hydrogen) atoms. The number of hydrogen-bond donors (Lipinski definition) is 2. The standard InChI is InChI=1S/C24H27N5O/c1-29(19-10-6-3-7-11-19)20-14-12-17(13-15-20)22(30)21-23(25)26-16-27-24(21)28-18-8-4-2-5-9-18/h3,6-7,10-16,18H,2,4-5,8-9H2,1H3,(H3,25,26,27,28). The van der Waals surface area contributed by atoms with Gasteiger partial charge >= 0.3 is 0 Å². The zero-order valence-corrected chi connectivity index (χ0v) is 17.2. The van der Waals surface area contributed by atoms with Crippen molar-refractivity contribution in [3.8, 4) is 0 Å². The van der Waals surface area contributed by atoms with E-state index in [2.05, 4.69) is 20.2 Å². The molecular weight excluding hydrogens is 374 g/mol. The first kappa shape index (κ1) is 19.9. The van der Waals surface area contributed by atoms with E-state index in [0.29, 0.717) is 23.0 Å². The maximum atomic E-state index is 13.3. The highest BCUT2D eigenvalue weighted by Crippen LogP contribution is 2.28. The minimum atomic E-state index is -0.166. The predicted octanol–water partition coefficient (Wildman–Crippen LogP) is 4.80. The second-order valence-corrected chi connectivity index (χ2v) is 7.73. The number of anilines is 4. The van der Waals surface area contributed by atoms with Gasteiger partial charge < -0.3 is 16.0 Å². The van der Waals surface area contributed by atoms with Crippen molar-refractivity contribution in [2.24, 2.45) is 0 Å².